The van der Waals surface area contributed by atoms with Crippen molar-refractivity contribution in [3.63, 3.8) is 0 Å². The lowest BCUT2D eigenvalue weighted by molar-refractivity contribution is 0.0859. The summed E-state index contributed by atoms with van der Waals surface area (Å²) in [5.41, 5.74) is 5.94. The van der Waals surface area contributed by atoms with E-state index in [2.05, 4.69) is 12.2 Å². The standard InChI is InChI=1S/C16H23FN2O2/c1-11-5-7-16(10-18,8-6-11)19-15(20)12-3-4-13(17)14(9-12)21-2/h3-4,9,11H,5-8,10,18H2,1-2H3,(H,19,20). The second-order valence-corrected chi connectivity index (χ2v) is 5.97. The first kappa shape index (κ1) is 15.8. The minimum absolute atomic E-state index is 0.0710. The summed E-state index contributed by atoms with van der Waals surface area (Å²) in [5.74, 6) is 0.0385. The highest BCUT2D eigenvalue weighted by Gasteiger charge is 2.34. The van der Waals surface area contributed by atoms with Crippen LogP contribution < -0.4 is 15.8 Å². The third kappa shape index (κ3) is 3.53. The molecule has 0 atom stereocenters. The van der Waals surface area contributed by atoms with Crippen molar-refractivity contribution in [2.24, 2.45) is 11.7 Å². The molecule has 0 aliphatic heterocycles. The molecule has 4 nitrogen and oxygen atoms in total. The molecule has 0 spiro atoms. The molecule has 1 amide bonds. The largest absolute Gasteiger partial charge is 0.494 e. The smallest absolute Gasteiger partial charge is 0.251 e. The SMILES string of the molecule is COc1cc(C(=O)NC2(CN)CCC(C)CC2)ccc1F. The van der Waals surface area contributed by atoms with Crippen molar-refractivity contribution in [3.05, 3.63) is 29.6 Å². The zero-order valence-electron chi connectivity index (χ0n) is 12.6. The van der Waals surface area contributed by atoms with Crippen LogP contribution in [0, 0.1) is 11.7 Å². The van der Waals surface area contributed by atoms with Gasteiger partial charge in [-0.15, -0.1) is 0 Å². The number of carbonyl (C=O) groups is 1. The van der Waals surface area contributed by atoms with E-state index >= 15 is 0 Å². The van der Waals surface area contributed by atoms with Crippen LogP contribution in [-0.4, -0.2) is 25.1 Å². The molecule has 0 aromatic heterocycles. The number of hydrogen-bond donors (Lipinski definition) is 2. The van der Waals surface area contributed by atoms with E-state index in [9.17, 15) is 9.18 Å². The van der Waals surface area contributed by atoms with Crippen LogP contribution in [0.3, 0.4) is 0 Å². The molecule has 116 valence electrons. The Morgan fingerprint density at radius 2 is 2.14 bits per heavy atom. The number of nitrogens with two attached hydrogens (primary N) is 1. The van der Waals surface area contributed by atoms with Gasteiger partial charge in [0.15, 0.2) is 11.6 Å². The van der Waals surface area contributed by atoms with Gasteiger partial charge in [0.25, 0.3) is 5.91 Å². The molecule has 0 heterocycles. The van der Waals surface area contributed by atoms with Crippen LogP contribution in [0.15, 0.2) is 18.2 Å². The van der Waals surface area contributed by atoms with E-state index in [4.69, 9.17) is 10.5 Å². The molecule has 21 heavy (non-hydrogen) atoms. The Hall–Kier alpha value is -1.62. The highest BCUT2D eigenvalue weighted by Crippen LogP contribution is 2.31. The first-order valence-corrected chi connectivity index (χ1v) is 7.36. The van der Waals surface area contributed by atoms with Crippen LogP contribution in [0.1, 0.15) is 43.0 Å². The minimum atomic E-state index is -0.478. The van der Waals surface area contributed by atoms with Crippen LogP contribution in [0.25, 0.3) is 0 Å². The molecule has 0 saturated heterocycles. The van der Waals surface area contributed by atoms with Gasteiger partial charge in [-0.05, 0) is 49.8 Å². The second-order valence-electron chi connectivity index (χ2n) is 5.97. The molecule has 1 aromatic rings. The fraction of sp³-hybridized carbons (Fsp3) is 0.562. The molecule has 0 bridgehead atoms. The molecule has 3 N–H and O–H groups in total. The summed E-state index contributed by atoms with van der Waals surface area (Å²) in [4.78, 5) is 12.4. The molecule has 1 aliphatic carbocycles. The molecular weight excluding hydrogens is 271 g/mol. The number of benzene rings is 1. The van der Waals surface area contributed by atoms with Gasteiger partial charge in [-0.25, -0.2) is 4.39 Å². The van der Waals surface area contributed by atoms with E-state index in [1.54, 1.807) is 0 Å². The summed E-state index contributed by atoms with van der Waals surface area (Å²) in [5, 5.41) is 3.05. The Kier molecular flexibility index (Phi) is 4.83. The molecule has 0 unspecified atom stereocenters. The van der Waals surface area contributed by atoms with Crippen molar-refractivity contribution in [2.75, 3.05) is 13.7 Å². The second kappa shape index (κ2) is 6.43. The Morgan fingerprint density at radius 3 is 2.71 bits per heavy atom. The van der Waals surface area contributed by atoms with E-state index in [-0.39, 0.29) is 17.2 Å². The van der Waals surface area contributed by atoms with Crippen LogP contribution in [0.2, 0.25) is 0 Å². The Bertz CT molecular complexity index is 511. The average molecular weight is 294 g/mol. The topological polar surface area (TPSA) is 64.3 Å². The summed E-state index contributed by atoms with van der Waals surface area (Å²) >= 11 is 0. The summed E-state index contributed by atoms with van der Waals surface area (Å²) in [7, 11) is 1.38. The van der Waals surface area contributed by atoms with Gasteiger partial charge in [0.05, 0.1) is 12.6 Å². The number of nitrogens with one attached hydrogen (secondary N) is 1. The number of halogens is 1. The van der Waals surface area contributed by atoms with Crippen molar-refractivity contribution < 1.29 is 13.9 Å². The van der Waals surface area contributed by atoms with Crippen molar-refractivity contribution in [1.29, 1.82) is 0 Å². The van der Waals surface area contributed by atoms with Crippen LogP contribution in [-0.2, 0) is 0 Å². The zero-order valence-corrected chi connectivity index (χ0v) is 12.6. The predicted octanol–water partition coefficient (Wildman–Crippen LogP) is 2.47. The first-order chi connectivity index (χ1) is 9.99. The number of rotatable bonds is 4. The van der Waals surface area contributed by atoms with Crippen molar-refractivity contribution in [1.82, 2.24) is 5.32 Å². The lowest BCUT2D eigenvalue weighted by Gasteiger charge is -2.39. The Labute approximate surface area is 124 Å². The molecule has 1 saturated carbocycles. The maximum atomic E-state index is 13.4. The van der Waals surface area contributed by atoms with Gasteiger partial charge < -0.3 is 15.8 Å². The highest BCUT2D eigenvalue weighted by molar-refractivity contribution is 5.95. The average Bonchev–Trinajstić information content (AvgIpc) is 2.50. The van der Waals surface area contributed by atoms with Crippen LogP contribution >= 0.6 is 0 Å². The van der Waals surface area contributed by atoms with Crippen LogP contribution in [0.5, 0.6) is 5.75 Å². The summed E-state index contributed by atoms with van der Waals surface area (Å²) in [6, 6.07) is 4.12. The van der Waals surface area contributed by atoms with E-state index in [1.165, 1.54) is 25.3 Å². The van der Waals surface area contributed by atoms with E-state index in [0.29, 0.717) is 18.0 Å². The van der Waals surface area contributed by atoms with Crippen molar-refractivity contribution in [2.45, 2.75) is 38.1 Å². The maximum Gasteiger partial charge on any atom is 0.251 e. The van der Waals surface area contributed by atoms with Gasteiger partial charge in [0, 0.05) is 12.1 Å². The molecule has 1 aliphatic rings. The Balaban J connectivity index is 2.13. The van der Waals surface area contributed by atoms with Gasteiger partial charge in [-0.2, -0.15) is 0 Å². The first-order valence-electron chi connectivity index (χ1n) is 7.36. The number of carbonyl (C=O) groups excluding carboxylic acids is 1. The van der Waals surface area contributed by atoms with Gasteiger partial charge in [0.1, 0.15) is 0 Å². The molecule has 0 radical (unpaired) electrons. The maximum absolute atomic E-state index is 13.4. The van der Waals surface area contributed by atoms with E-state index < -0.39 is 5.82 Å². The molecular formula is C16H23FN2O2. The molecule has 1 aromatic carbocycles. The number of amides is 1. The monoisotopic (exact) mass is 294 g/mol. The third-order valence-corrected chi connectivity index (χ3v) is 4.41. The van der Waals surface area contributed by atoms with E-state index in [0.717, 1.165) is 25.7 Å². The Morgan fingerprint density at radius 1 is 1.48 bits per heavy atom. The minimum Gasteiger partial charge on any atom is -0.494 e. The summed E-state index contributed by atoms with van der Waals surface area (Å²) < 4.78 is 18.3. The van der Waals surface area contributed by atoms with Crippen LogP contribution in [0.4, 0.5) is 4.39 Å². The quantitative estimate of drug-likeness (QED) is 0.896. The van der Waals surface area contributed by atoms with Gasteiger partial charge in [-0.1, -0.05) is 6.92 Å². The fourth-order valence-corrected chi connectivity index (χ4v) is 2.81. The lowest BCUT2D eigenvalue weighted by Crippen LogP contribution is -2.55. The van der Waals surface area contributed by atoms with Gasteiger partial charge in [0.2, 0.25) is 0 Å². The van der Waals surface area contributed by atoms with E-state index in [1.807, 2.05) is 0 Å². The van der Waals surface area contributed by atoms with Gasteiger partial charge in [-0.3, -0.25) is 4.79 Å². The third-order valence-electron chi connectivity index (χ3n) is 4.41. The predicted molar refractivity (Wildman–Crippen MR) is 79.8 cm³/mol. The number of hydrogen-bond acceptors (Lipinski definition) is 3. The molecule has 2 rings (SSSR count). The zero-order chi connectivity index (χ0) is 15.5. The fourth-order valence-electron chi connectivity index (χ4n) is 2.81. The van der Waals surface area contributed by atoms with Crippen molar-refractivity contribution >= 4 is 5.91 Å². The van der Waals surface area contributed by atoms with Crippen molar-refractivity contribution in [3.8, 4) is 5.75 Å². The molecule has 1 fully saturated rings. The number of ether oxygens (including phenoxy) is 1. The molecule has 5 heteroatoms. The lowest BCUT2D eigenvalue weighted by atomic mass is 9.77. The summed E-state index contributed by atoms with van der Waals surface area (Å²) in [6.07, 6.45) is 3.89. The number of methoxy groups -OCH3 is 1. The normalized spacial score (nSPS) is 25.4. The van der Waals surface area contributed by atoms with Gasteiger partial charge >= 0.3 is 0 Å². The summed E-state index contributed by atoms with van der Waals surface area (Å²) in [6.45, 7) is 2.64. The highest BCUT2D eigenvalue weighted by atomic mass is 19.1.